The van der Waals surface area contributed by atoms with Gasteiger partial charge in [-0.1, -0.05) is 36.4 Å². The molecule has 0 bridgehead atoms. The summed E-state index contributed by atoms with van der Waals surface area (Å²) in [5.41, 5.74) is 3.03. The Morgan fingerprint density at radius 2 is 1.96 bits per heavy atom. The van der Waals surface area contributed by atoms with Crippen LogP contribution in [0.25, 0.3) is 11.3 Å². The fourth-order valence-electron chi connectivity index (χ4n) is 3.08. The number of nitrogens with one attached hydrogen (secondary N) is 2. The van der Waals surface area contributed by atoms with Gasteiger partial charge in [-0.05, 0) is 24.5 Å². The highest BCUT2D eigenvalue weighted by molar-refractivity contribution is 5.64. The maximum absolute atomic E-state index is 5.70. The van der Waals surface area contributed by atoms with Crippen molar-refractivity contribution in [3.63, 3.8) is 0 Å². The molecule has 1 aliphatic heterocycles. The predicted molar refractivity (Wildman–Crippen MR) is 106 cm³/mol. The molecule has 27 heavy (non-hydrogen) atoms. The maximum atomic E-state index is 5.70. The van der Waals surface area contributed by atoms with Gasteiger partial charge in [0.2, 0.25) is 5.95 Å². The van der Waals surface area contributed by atoms with Gasteiger partial charge < -0.3 is 15.4 Å². The van der Waals surface area contributed by atoms with Crippen LogP contribution in [0.5, 0.6) is 0 Å². The molecule has 0 amide bonds. The molecule has 1 atom stereocenters. The average Bonchev–Trinajstić information content (AvgIpc) is 3.26. The molecule has 138 valence electrons. The molecule has 0 spiro atoms. The lowest BCUT2D eigenvalue weighted by atomic mass is 10.1. The molecule has 6 heteroatoms. The summed E-state index contributed by atoms with van der Waals surface area (Å²) < 4.78 is 5.70. The quantitative estimate of drug-likeness (QED) is 0.668. The van der Waals surface area contributed by atoms with E-state index in [-0.39, 0.29) is 6.10 Å². The van der Waals surface area contributed by atoms with E-state index in [1.165, 1.54) is 0 Å². The zero-order valence-corrected chi connectivity index (χ0v) is 15.1. The van der Waals surface area contributed by atoms with Crippen molar-refractivity contribution in [3.05, 3.63) is 66.5 Å². The minimum absolute atomic E-state index is 0.256. The van der Waals surface area contributed by atoms with Crippen LogP contribution >= 0.6 is 0 Å². The van der Waals surface area contributed by atoms with E-state index in [2.05, 4.69) is 37.7 Å². The Labute approximate surface area is 159 Å². The van der Waals surface area contributed by atoms with Crippen LogP contribution in [0.1, 0.15) is 18.4 Å². The van der Waals surface area contributed by atoms with Crippen molar-refractivity contribution >= 4 is 11.8 Å². The molecule has 1 fully saturated rings. The Morgan fingerprint density at radius 1 is 1.04 bits per heavy atom. The van der Waals surface area contributed by atoms with Gasteiger partial charge in [0, 0.05) is 43.7 Å². The van der Waals surface area contributed by atoms with Crippen LogP contribution in [0.2, 0.25) is 0 Å². The van der Waals surface area contributed by atoms with E-state index >= 15 is 0 Å². The van der Waals surface area contributed by atoms with Gasteiger partial charge in [-0.25, -0.2) is 4.98 Å². The normalized spacial score (nSPS) is 16.2. The second-order valence-corrected chi connectivity index (χ2v) is 6.56. The first-order valence-electron chi connectivity index (χ1n) is 9.29. The molecule has 1 aromatic carbocycles. The molecule has 1 aliphatic rings. The van der Waals surface area contributed by atoms with Gasteiger partial charge in [-0.3, -0.25) is 4.98 Å². The third kappa shape index (κ3) is 4.80. The number of hydrogen-bond acceptors (Lipinski definition) is 6. The lowest BCUT2D eigenvalue weighted by molar-refractivity contribution is 0.120. The molecular formula is C21H23N5O. The number of aromatic nitrogens is 3. The van der Waals surface area contributed by atoms with Gasteiger partial charge in [0.15, 0.2) is 0 Å². The van der Waals surface area contributed by atoms with Crippen molar-refractivity contribution in [2.75, 3.05) is 23.8 Å². The standard InChI is InChI=1S/C21H23N5O/c1-2-7-17(8-3-1)19-12-20(23-15-18-9-5-11-27-18)26-21(25-19)24-14-16-6-4-10-22-13-16/h1-4,6-8,10,12-13,18H,5,9,11,14-15H2,(H2,23,24,25,26). The van der Waals surface area contributed by atoms with Crippen molar-refractivity contribution in [2.24, 2.45) is 0 Å². The minimum atomic E-state index is 0.256. The number of rotatable bonds is 7. The van der Waals surface area contributed by atoms with Gasteiger partial charge in [0.25, 0.3) is 0 Å². The summed E-state index contributed by atoms with van der Waals surface area (Å²) in [7, 11) is 0. The molecule has 0 saturated carbocycles. The van der Waals surface area contributed by atoms with Crippen LogP contribution < -0.4 is 10.6 Å². The highest BCUT2D eigenvalue weighted by Crippen LogP contribution is 2.22. The fraction of sp³-hybridized carbons (Fsp3) is 0.286. The first kappa shape index (κ1) is 17.4. The molecule has 1 unspecified atom stereocenters. The number of hydrogen-bond donors (Lipinski definition) is 2. The van der Waals surface area contributed by atoms with E-state index in [1.807, 2.05) is 42.6 Å². The number of ether oxygens (including phenoxy) is 1. The van der Waals surface area contributed by atoms with E-state index in [4.69, 9.17) is 4.74 Å². The SMILES string of the molecule is c1ccc(-c2cc(NCC3CCCO3)nc(NCc3cccnc3)n2)cc1. The van der Waals surface area contributed by atoms with Crippen LogP contribution in [0.4, 0.5) is 11.8 Å². The van der Waals surface area contributed by atoms with E-state index in [0.29, 0.717) is 12.5 Å². The predicted octanol–water partition coefficient (Wildman–Crippen LogP) is 3.74. The van der Waals surface area contributed by atoms with Gasteiger partial charge in [0.05, 0.1) is 11.8 Å². The topological polar surface area (TPSA) is 72.0 Å². The monoisotopic (exact) mass is 361 g/mol. The Balaban J connectivity index is 1.53. The van der Waals surface area contributed by atoms with E-state index in [9.17, 15) is 0 Å². The van der Waals surface area contributed by atoms with Gasteiger partial charge >= 0.3 is 0 Å². The first-order chi connectivity index (χ1) is 13.4. The lowest BCUT2D eigenvalue weighted by Crippen LogP contribution is -2.19. The van der Waals surface area contributed by atoms with Crippen LogP contribution in [0.3, 0.4) is 0 Å². The molecule has 0 aliphatic carbocycles. The molecule has 2 aromatic heterocycles. The summed E-state index contributed by atoms with van der Waals surface area (Å²) in [4.78, 5) is 13.5. The third-order valence-corrected chi connectivity index (χ3v) is 4.50. The number of pyridine rings is 1. The summed E-state index contributed by atoms with van der Waals surface area (Å²) in [5.74, 6) is 1.39. The number of nitrogens with zero attached hydrogens (tertiary/aromatic N) is 3. The Bertz CT molecular complexity index is 851. The first-order valence-corrected chi connectivity index (χ1v) is 9.29. The van der Waals surface area contributed by atoms with Crippen molar-refractivity contribution in [1.29, 1.82) is 0 Å². The third-order valence-electron chi connectivity index (χ3n) is 4.50. The van der Waals surface area contributed by atoms with E-state index in [1.54, 1.807) is 6.20 Å². The maximum Gasteiger partial charge on any atom is 0.225 e. The smallest absolute Gasteiger partial charge is 0.225 e. The highest BCUT2D eigenvalue weighted by atomic mass is 16.5. The Hall–Kier alpha value is -2.99. The number of anilines is 2. The van der Waals surface area contributed by atoms with Gasteiger partial charge in [0.1, 0.15) is 5.82 Å². The molecule has 1 saturated heterocycles. The molecule has 0 radical (unpaired) electrons. The summed E-state index contributed by atoms with van der Waals surface area (Å²) >= 11 is 0. The Kier molecular flexibility index (Phi) is 5.55. The van der Waals surface area contributed by atoms with Crippen molar-refractivity contribution in [2.45, 2.75) is 25.5 Å². The van der Waals surface area contributed by atoms with Crippen LogP contribution in [-0.2, 0) is 11.3 Å². The largest absolute Gasteiger partial charge is 0.376 e. The van der Waals surface area contributed by atoms with Crippen molar-refractivity contribution in [1.82, 2.24) is 15.0 Å². The summed E-state index contributed by atoms with van der Waals surface area (Å²) in [5, 5.41) is 6.71. The summed E-state index contributed by atoms with van der Waals surface area (Å²) in [6.45, 7) is 2.23. The van der Waals surface area contributed by atoms with E-state index < -0.39 is 0 Å². The molecule has 2 N–H and O–H groups in total. The molecule has 4 rings (SSSR count). The van der Waals surface area contributed by atoms with Crippen LogP contribution in [-0.4, -0.2) is 34.2 Å². The lowest BCUT2D eigenvalue weighted by Gasteiger charge is -2.14. The summed E-state index contributed by atoms with van der Waals surface area (Å²) in [6.07, 6.45) is 6.08. The molecule has 6 nitrogen and oxygen atoms in total. The van der Waals surface area contributed by atoms with Crippen molar-refractivity contribution < 1.29 is 4.74 Å². The molecule has 3 heterocycles. The minimum Gasteiger partial charge on any atom is -0.376 e. The molecule has 3 aromatic rings. The van der Waals surface area contributed by atoms with Crippen LogP contribution in [0.15, 0.2) is 60.9 Å². The fourth-order valence-corrected chi connectivity index (χ4v) is 3.08. The zero-order chi connectivity index (χ0) is 18.3. The summed E-state index contributed by atoms with van der Waals surface area (Å²) in [6, 6.07) is 16.1. The Morgan fingerprint density at radius 3 is 2.74 bits per heavy atom. The van der Waals surface area contributed by atoms with Gasteiger partial charge in [-0.15, -0.1) is 0 Å². The van der Waals surface area contributed by atoms with E-state index in [0.717, 1.165) is 48.6 Å². The number of benzene rings is 1. The van der Waals surface area contributed by atoms with Crippen LogP contribution in [0, 0.1) is 0 Å². The molecular weight excluding hydrogens is 338 g/mol. The average molecular weight is 361 g/mol. The second-order valence-electron chi connectivity index (χ2n) is 6.56. The van der Waals surface area contributed by atoms with Gasteiger partial charge in [-0.2, -0.15) is 4.98 Å². The zero-order valence-electron chi connectivity index (χ0n) is 15.1. The van der Waals surface area contributed by atoms with Crippen molar-refractivity contribution in [3.8, 4) is 11.3 Å². The second kappa shape index (κ2) is 8.60. The highest BCUT2D eigenvalue weighted by Gasteiger charge is 2.15.